The minimum absolute atomic E-state index is 0.00847. The minimum atomic E-state index is -0.541. The number of aromatic amines is 2. The van der Waals surface area contributed by atoms with Crippen LogP contribution in [0.25, 0.3) is 44.2 Å². The smallest absolute Gasteiger partial charge is 0.406 e. The fourth-order valence-electron chi connectivity index (χ4n) is 7.17. The number of amides is 3. The average molecular weight is 663 g/mol. The number of nitrogens with one attached hydrogen (secondary N) is 4. The van der Waals surface area contributed by atoms with E-state index < -0.39 is 6.09 Å². The Labute approximate surface area is 284 Å². The molecule has 2 unspecified atom stereocenters. The van der Waals surface area contributed by atoms with Crippen molar-refractivity contribution in [3.8, 4) is 22.4 Å². The summed E-state index contributed by atoms with van der Waals surface area (Å²) in [4.78, 5) is 57.4. The van der Waals surface area contributed by atoms with E-state index in [1.54, 1.807) is 0 Å². The lowest BCUT2D eigenvalue weighted by atomic mass is 9.99. The number of fused-ring (bicyclic) bond motifs is 2. The largest absolute Gasteiger partial charge is 0.453 e. The summed E-state index contributed by atoms with van der Waals surface area (Å²) in [5.41, 5.74) is 5.95. The molecule has 7 rings (SSSR count). The van der Waals surface area contributed by atoms with E-state index in [4.69, 9.17) is 9.97 Å². The fourth-order valence-corrected chi connectivity index (χ4v) is 7.17. The van der Waals surface area contributed by atoms with Gasteiger partial charge in [-0.25, -0.2) is 14.8 Å². The van der Waals surface area contributed by atoms with Gasteiger partial charge in [0.2, 0.25) is 11.8 Å². The second kappa shape index (κ2) is 14.1. The number of carbonyl (C=O) groups excluding carboxylic acids is 3. The van der Waals surface area contributed by atoms with Crippen molar-refractivity contribution in [2.24, 2.45) is 0 Å². The summed E-state index contributed by atoms with van der Waals surface area (Å²) in [5.74, 6) is 1.78. The third-order valence-electron chi connectivity index (χ3n) is 9.74. The molecular formula is C37H42N8O4. The fraction of sp³-hybridized carbons (Fsp3) is 0.378. The van der Waals surface area contributed by atoms with Crippen molar-refractivity contribution in [2.75, 3.05) is 40.3 Å². The van der Waals surface area contributed by atoms with E-state index >= 15 is 0 Å². The van der Waals surface area contributed by atoms with Crippen LogP contribution in [0.1, 0.15) is 62.3 Å². The lowest BCUT2D eigenvalue weighted by Crippen LogP contribution is -2.34. The first-order valence-electron chi connectivity index (χ1n) is 17.1. The number of benzene rings is 3. The van der Waals surface area contributed by atoms with Crippen LogP contribution in [0.3, 0.4) is 0 Å². The van der Waals surface area contributed by atoms with E-state index in [0.717, 1.165) is 88.1 Å². The average Bonchev–Trinajstić information content (AvgIpc) is 3.95. The quantitative estimate of drug-likeness (QED) is 0.155. The number of likely N-dealkylation sites (tertiary alicyclic amines) is 2. The molecule has 2 aliphatic rings. The molecule has 4 N–H and O–H groups in total. The Morgan fingerprint density at radius 2 is 1.45 bits per heavy atom. The van der Waals surface area contributed by atoms with Crippen LogP contribution in [-0.2, 0) is 14.3 Å². The van der Waals surface area contributed by atoms with E-state index in [9.17, 15) is 14.4 Å². The summed E-state index contributed by atoms with van der Waals surface area (Å²) in [5, 5.41) is 7.89. The van der Waals surface area contributed by atoms with Gasteiger partial charge in [-0.1, -0.05) is 30.3 Å². The summed E-state index contributed by atoms with van der Waals surface area (Å²) >= 11 is 0. The van der Waals surface area contributed by atoms with Crippen molar-refractivity contribution in [1.82, 2.24) is 40.4 Å². The predicted octanol–water partition coefficient (Wildman–Crippen LogP) is 5.46. The number of hydrogen-bond donors (Lipinski definition) is 4. The Bertz CT molecular complexity index is 2000. The molecule has 2 fully saturated rings. The monoisotopic (exact) mass is 662 g/mol. The number of nitrogens with zero attached hydrogens (tertiary/aromatic N) is 4. The number of ether oxygens (including phenoxy) is 1. The van der Waals surface area contributed by atoms with Crippen LogP contribution in [0.2, 0.25) is 0 Å². The van der Waals surface area contributed by atoms with Gasteiger partial charge in [0.15, 0.2) is 0 Å². The van der Waals surface area contributed by atoms with Gasteiger partial charge < -0.3 is 35.1 Å². The molecule has 2 aromatic heterocycles. The van der Waals surface area contributed by atoms with Crippen LogP contribution in [0.4, 0.5) is 4.79 Å². The van der Waals surface area contributed by atoms with Crippen molar-refractivity contribution in [3.63, 3.8) is 0 Å². The van der Waals surface area contributed by atoms with E-state index in [1.165, 1.54) is 7.11 Å². The maximum absolute atomic E-state index is 13.0. The molecule has 0 aliphatic carbocycles. The molecule has 2 saturated heterocycles. The van der Waals surface area contributed by atoms with Crippen molar-refractivity contribution in [1.29, 1.82) is 0 Å². The SMILES string of the molecule is CNCCC(=O)N1CCCC1c1ncc(-c2ccc3cc(-c4ccc5nc(C6CCCN6C(=O)CCNC(=O)OC)[nH]c5c4)ccc3c2)[nH]1. The first kappa shape index (κ1) is 32.3. The number of rotatable bonds is 10. The summed E-state index contributed by atoms with van der Waals surface area (Å²) in [6.45, 7) is 2.35. The van der Waals surface area contributed by atoms with Gasteiger partial charge in [-0.2, -0.15) is 0 Å². The van der Waals surface area contributed by atoms with Gasteiger partial charge in [-0.15, -0.1) is 0 Å². The van der Waals surface area contributed by atoms with Gasteiger partial charge in [0, 0.05) is 44.6 Å². The molecular weight excluding hydrogens is 620 g/mol. The highest BCUT2D eigenvalue weighted by molar-refractivity contribution is 5.92. The molecule has 3 aromatic carbocycles. The number of H-pyrrole nitrogens is 2. The van der Waals surface area contributed by atoms with Gasteiger partial charge in [0.1, 0.15) is 11.6 Å². The van der Waals surface area contributed by atoms with Crippen molar-refractivity contribution < 1.29 is 19.1 Å². The molecule has 254 valence electrons. The van der Waals surface area contributed by atoms with Crippen molar-refractivity contribution in [3.05, 3.63) is 72.4 Å². The van der Waals surface area contributed by atoms with Crippen molar-refractivity contribution in [2.45, 2.75) is 50.6 Å². The number of imidazole rings is 2. The van der Waals surface area contributed by atoms with Crippen LogP contribution in [0.15, 0.2) is 60.8 Å². The molecule has 4 heterocycles. The zero-order valence-corrected chi connectivity index (χ0v) is 27.9. The number of methoxy groups -OCH3 is 1. The Morgan fingerprint density at radius 3 is 2.16 bits per heavy atom. The van der Waals surface area contributed by atoms with Gasteiger partial charge in [0.05, 0.1) is 42.1 Å². The second-order valence-corrected chi connectivity index (χ2v) is 12.8. The van der Waals surface area contributed by atoms with Crippen LogP contribution < -0.4 is 10.6 Å². The highest BCUT2D eigenvalue weighted by Gasteiger charge is 2.33. The van der Waals surface area contributed by atoms with E-state index in [0.29, 0.717) is 19.5 Å². The van der Waals surface area contributed by atoms with Gasteiger partial charge in [-0.3, -0.25) is 9.59 Å². The van der Waals surface area contributed by atoms with Gasteiger partial charge in [0.25, 0.3) is 0 Å². The Hall–Kier alpha value is -5.23. The zero-order valence-electron chi connectivity index (χ0n) is 27.9. The molecule has 12 heteroatoms. The van der Waals surface area contributed by atoms with E-state index in [1.807, 2.05) is 29.1 Å². The van der Waals surface area contributed by atoms with Gasteiger partial charge in [-0.05, 0) is 78.9 Å². The molecule has 0 bridgehead atoms. The number of hydrogen-bond acceptors (Lipinski definition) is 7. The normalized spacial score (nSPS) is 17.7. The molecule has 2 atom stereocenters. The van der Waals surface area contributed by atoms with Crippen LogP contribution in [0, 0.1) is 0 Å². The molecule has 49 heavy (non-hydrogen) atoms. The maximum atomic E-state index is 13.0. The van der Waals surface area contributed by atoms with E-state index in [-0.39, 0.29) is 36.9 Å². The number of aromatic nitrogens is 4. The number of alkyl carbamates (subject to hydrolysis) is 1. The molecule has 3 amide bonds. The molecule has 5 aromatic rings. The lowest BCUT2D eigenvalue weighted by molar-refractivity contribution is -0.132. The maximum Gasteiger partial charge on any atom is 0.406 e. The lowest BCUT2D eigenvalue weighted by Gasteiger charge is -2.23. The predicted molar refractivity (Wildman–Crippen MR) is 188 cm³/mol. The first-order chi connectivity index (χ1) is 23.9. The molecule has 0 spiro atoms. The minimum Gasteiger partial charge on any atom is -0.453 e. The Balaban J connectivity index is 1.06. The van der Waals surface area contributed by atoms with Crippen molar-refractivity contribution >= 4 is 39.7 Å². The highest BCUT2D eigenvalue weighted by Crippen LogP contribution is 2.35. The topological polar surface area (TPSA) is 148 Å². The van der Waals surface area contributed by atoms with Crippen LogP contribution in [-0.4, -0.2) is 88.0 Å². The van der Waals surface area contributed by atoms with Crippen LogP contribution >= 0.6 is 0 Å². The highest BCUT2D eigenvalue weighted by atomic mass is 16.5. The van der Waals surface area contributed by atoms with Gasteiger partial charge >= 0.3 is 6.09 Å². The first-order valence-corrected chi connectivity index (χ1v) is 17.1. The second-order valence-electron chi connectivity index (χ2n) is 12.8. The standard InChI is InChI=1S/C37H42N8O4/c1-38-15-13-33(46)44-17-3-5-31(44)35-40-22-30(43-35)27-10-9-23-19-24(7-8-25(23)20-27)26-11-12-28-29(21-26)42-36(41-28)32-6-4-18-45(32)34(47)14-16-39-37(48)49-2/h7-12,19-22,31-32,38H,3-6,13-18H2,1-2H3,(H,39,48)(H,40,43)(H,41,42). The zero-order chi connectivity index (χ0) is 33.9. The molecule has 0 saturated carbocycles. The third kappa shape index (κ3) is 6.73. The Morgan fingerprint density at radius 1 is 0.816 bits per heavy atom. The third-order valence-corrected chi connectivity index (χ3v) is 9.74. The molecule has 0 radical (unpaired) electrons. The van der Waals surface area contributed by atoms with Crippen LogP contribution in [0.5, 0.6) is 0 Å². The molecule has 2 aliphatic heterocycles. The summed E-state index contributed by atoms with van der Waals surface area (Å²) < 4.78 is 4.59. The Kier molecular flexibility index (Phi) is 9.30. The summed E-state index contributed by atoms with van der Waals surface area (Å²) in [6, 6.07) is 19.0. The molecule has 12 nitrogen and oxygen atoms in total. The summed E-state index contributed by atoms with van der Waals surface area (Å²) in [7, 11) is 3.17. The number of carbonyl (C=O) groups is 3. The summed E-state index contributed by atoms with van der Waals surface area (Å²) in [6.07, 6.45) is 5.67. The van der Waals surface area contributed by atoms with E-state index in [2.05, 4.69) is 73.9 Å².